The van der Waals surface area contributed by atoms with E-state index in [9.17, 15) is 0 Å². The number of ether oxygens (including phenoxy) is 3. The van der Waals surface area contributed by atoms with E-state index >= 15 is 0 Å². The van der Waals surface area contributed by atoms with Crippen LogP contribution in [-0.2, 0) is 6.42 Å². The summed E-state index contributed by atoms with van der Waals surface area (Å²) in [6.45, 7) is 5.86. The lowest BCUT2D eigenvalue weighted by Gasteiger charge is -2.30. The van der Waals surface area contributed by atoms with E-state index in [1.54, 1.807) is 0 Å². The minimum absolute atomic E-state index is 0.178. The van der Waals surface area contributed by atoms with E-state index < -0.39 is 0 Å². The number of fused-ring (bicyclic) bond motifs is 3. The van der Waals surface area contributed by atoms with Crippen molar-refractivity contribution in [3.05, 3.63) is 17.7 Å². The van der Waals surface area contributed by atoms with Crippen LogP contribution in [0.3, 0.4) is 0 Å². The Labute approximate surface area is 154 Å². The standard InChI is InChI=1S/C19H28N4O3/c1(8-21-19-22-9-2-10-23-19)7-20-13-15-5-3-14-4-6-16-18(17(14)26-15)25-12-11-24-16/h4,6,15,20H,1-3,5,7-13H2,(H2,21,22,23). The molecular formula is C19H28N4O3. The van der Waals surface area contributed by atoms with Crippen molar-refractivity contribution in [2.24, 2.45) is 4.99 Å². The number of nitrogens with zero attached hydrogens (tertiary/aromatic N) is 1. The van der Waals surface area contributed by atoms with E-state index in [1.165, 1.54) is 5.56 Å². The summed E-state index contributed by atoms with van der Waals surface area (Å²) in [5, 5.41) is 10.1. The molecule has 26 heavy (non-hydrogen) atoms. The van der Waals surface area contributed by atoms with Gasteiger partial charge in [-0.15, -0.1) is 0 Å². The monoisotopic (exact) mass is 360 g/mol. The molecule has 0 spiro atoms. The number of hydrogen-bond acceptors (Lipinski definition) is 7. The van der Waals surface area contributed by atoms with Gasteiger partial charge >= 0.3 is 0 Å². The molecule has 142 valence electrons. The van der Waals surface area contributed by atoms with E-state index in [1.807, 2.05) is 6.07 Å². The van der Waals surface area contributed by atoms with E-state index in [2.05, 4.69) is 27.0 Å². The second-order valence-electron chi connectivity index (χ2n) is 6.85. The van der Waals surface area contributed by atoms with Crippen molar-refractivity contribution in [1.82, 2.24) is 16.0 Å². The quantitative estimate of drug-likeness (QED) is 0.659. The largest absolute Gasteiger partial charge is 0.486 e. The fourth-order valence-corrected chi connectivity index (χ4v) is 3.48. The van der Waals surface area contributed by atoms with Crippen molar-refractivity contribution in [2.45, 2.75) is 31.8 Å². The Balaban J connectivity index is 1.19. The van der Waals surface area contributed by atoms with E-state index in [0.717, 1.165) is 81.6 Å². The third kappa shape index (κ3) is 4.15. The summed E-state index contributed by atoms with van der Waals surface area (Å²) in [4.78, 5) is 4.41. The first-order valence-electron chi connectivity index (χ1n) is 9.71. The zero-order valence-corrected chi connectivity index (χ0v) is 15.2. The summed E-state index contributed by atoms with van der Waals surface area (Å²) >= 11 is 0. The first-order chi connectivity index (χ1) is 12.9. The molecule has 0 bridgehead atoms. The number of hydrogen-bond donors (Lipinski definition) is 3. The van der Waals surface area contributed by atoms with Crippen molar-refractivity contribution < 1.29 is 14.2 Å². The minimum Gasteiger partial charge on any atom is -0.486 e. The molecular weight excluding hydrogens is 332 g/mol. The molecule has 7 nitrogen and oxygen atoms in total. The van der Waals surface area contributed by atoms with Crippen LogP contribution >= 0.6 is 0 Å². The molecule has 0 saturated heterocycles. The molecule has 0 aliphatic carbocycles. The van der Waals surface area contributed by atoms with Gasteiger partial charge in [0.15, 0.2) is 17.5 Å². The molecule has 1 atom stereocenters. The highest BCUT2D eigenvalue weighted by molar-refractivity contribution is 5.80. The number of aliphatic imine (C=N–C) groups is 1. The van der Waals surface area contributed by atoms with Crippen LogP contribution in [0.4, 0.5) is 0 Å². The van der Waals surface area contributed by atoms with Crippen molar-refractivity contribution in [3.8, 4) is 17.2 Å². The van der Waals surface area contributed by atoms with Crippen molar-refractivity contribution in [3.63, 3.8) is 0 Å². The highest BCUT2D eigenvalue weighted by Crippen LogP contribution is 2.44. The normalized spacial score (nSPS) is 21.1. The molecule has 0 fully saturated rings. The maximum atomic E-state index is 6.22. The fourth-order valence-electron chi connectivity index (χ4n) is 3.48. The highest BCUT2D eigenvalue weighted by atomic mass is 16.6. The SMILES string of the molecule is c1cc2c(c3c1CCC(CNCCCNC1=NCCCN1)O3)OCCO2. The molecule has 3 N–H and O–H groups in total. The Morgan fingerprint density at radius 3 is 3.04 bits per heavy atom. The molecule has 0 aromatic heterocycles. The predicted octanol–water partition coefficient (Wildman–Crippen LogP) is 1.07. The first-order valence-corrected chi connectivity index (χ1v) is 9.71. The van der Waals surface area contributed by atoms with Crippen molar-refractivity contribution >= 4 is 5.96 Å². The van der Waals surface area contributed by atoms with E-state index in [0.29, 0.717) is 13.2 Å². The average Bonchev–Trinajstić information content (AvgIpc) is 2.71. The second kappa shape index (κ2) is 8.49. The summed E-state index contributed by atoms with van der Waals surface area (Å²) in [5.74, 6) is 3.40. The fraction of sp³-hybridized carbons (Fsp3) is 0.632. The van der Waals surface area contributed by atoms with Gasteiger partial charge in [-0.3, -0.25) is 4.99 Å². The Morgan fingerprint density at radius 2 is 2.12 bits per heavy atom. The van der Waals surface area contributed by atoms with Gasteiger partial charge in [-0.2, -0.15) is 0 Å². The number of guanidine groups is 1. The van der Waals surface area contributed by atoms with Crippen LogP contribution in [0.5, 0.6) is 17.2 Å². The zero-order chi connectivity index (χ0) is 17.6. The van der Waals surface area contributed by atoms with Crippen LogP contribution in [0.1, 0.15) is 24.8 Å². The predicted molar refractivity (Wildman–Crippen MR) is 101 cm³/mol. The average molecular weight is 360 g/mol. The number of rotatable bonds is 6. The molecule has 0 saturated carbocycles. The van der Waals surface area contributed by atoms with Gasteiger partial charge in [-0.05, 0) is 43.9 Å². The number of nitrogens with one attached hydrogen (secondary N) is 3. The van der Waals surface area contributed by atoms with Gasteiger partial charge in [0.1, 0.15) is 19.3 Å². The lowest BCUT2D eigenvalue weighted by atomic mass is 10.0. The van der Waals surface area contributed by atoms with Crippen LogP contribution in [0.2, 0.25) is 0 Å². The van der Waals surface area contributed by atoms with Gasteiger partial charge in [0.2, 0.25) is 5.75 Å². The van der Waals surface area contributed by atoms with Crippen LogP contribution in [0.15, 0.2) is 17.1 Å². The Kier molecular flexibility index (Phi) is 5.64. The summed E-state index contributed by atoms with van der Waals surface area (Å²) < 4.78 is 17.7. The number of benzene rings is 1. The smallest absolute Gasteiger partial charge is 0.204 e. The van der Waals surface area contributed by atoms with Gasteiger partial charge in [0, 0.05) is 26.2 Å². The molecule has 3 aliphatic heterocycles. The molecule has 1 aromatic rings. The van der Waals surface area contributed by atoms with Crippen molar-refractivity contribution in [1.29, 1.82) is 0 Å². The number of aryl methyl sites for hydroxylation is 1. The molecule has 3 heterocycles. The lowest BCUT2D eigenvalue weighted by molar-refractivity contribution is 0.134. The third-order valence-electron chi connectivity index (χ3n) is 4.86. The molecule has 0 radical (unpaired) electrons. The minimum atomic E-state index is 0.178. The zero-order valence-electron chi connectivity index (χ0n) is 15.2. The van der Waals surface area contributed by atoms with Gasteiger partial charge in [-0.1, -0.05) is 6.07 Å². The van der Waals surface area contributed by atoms with Gasteiger partial charge in [-0.25, -0.2) is 0 Å². The topological polar surface area (TPSA) is 76.1 Å². The highest BCUT2D eigenvalue weighted by Gasteiger charge is 2.27. The summed E-state index contributed by atoms with van der Waals surface area (Å²) in [5.41, 5.74) is 1.22. The van der Waals surface area contributed by atoms with Gasteiger partial charge in [0.05, 0.1) is 0 Å². The molecule has 1 aromatic carbocycles. The maximum Gasteiger partial charge on any atom is 0.204 e. The third-order valence-corrected chi connectivity index (χ3v) is 4.86. The molecule has 7 heteroatoms. The summed E-state index contributed by atoms with van der Waals surface area (Å²) in [6.07, 6.45) is 4.40. The van der Waals surface area contributed by atoms with Crippen LogP contribution in [0, 0.1) is 0 Å². The van der Waals surface area contributed by atoms with Crippen LogP contribution in [-0.4, -0.2) is 58.0 Å². The second-order valence-corrected chi connectivity index (χ2v) is 6.85. The Bertz CT molecular complexity index is 650. The molecule has 0 amide bonds. The Morgan fingerprint density at radius 1 is 1.15 bits per heavy atom. The molecule has 1 unspecified atom stereocenters. The van der Waals surface area contributed by atoms with Crippen molar-refractivity contribution in [2.75, 3.05) is 45.9 Å². The first kappa shape index (κ1) is 17.3. The van der Waals surface area contributed by atoms with Gasteiger partial charge in [0.25, 0.3) is 0 Å². The van der Waals surface area contributed by atoms with E-state index in [4.69, 9.17) is 14.2 Å². The van der Waals surface area contributed by atoms with E-state index in [-0.39, 0.29) is 6.10 Å². The lowest BCUT2D eigenvalue weighted by Crippen LogP contribution is -2.42. The van der Waals surface area contributed by atoms with Gasteiger partial charge < -0.3 is 30.2 Å². The molecule has 4 rings (SSSR count). The van der Waals surface area contributed by atoms with Crippen LogP contribution in [0.25, 0.3) is 0 Å². The molecule has 3 aliphatic rings. The summed E-state index contributed by atoms with van der Waals surface area (Å²) in [6, 6.07) is 4.09. The summed E-state index contributed by atoms with van der Waals surface area (Å²) in [7, 11) is 0. The Hall–Kier alpha value is -2.15. The maximum absolute atomic E-state index is 6.22. The van der Waals surface area contributed by atoms with Crippen LogP contribution < -0.4 is 30.2 Å².